The number of primary amides is 1. The van der Waals surface area contributed by atoms with Crippen molar-refractivity contribution < 1.29 is 22.7 Å². The molecule has 0 saturated heterocycles. The van der Waals surface area contributed by atoms with Crippen molar-refractivity contribution in [3.63, 3.8) is 0 Å². The number of nitrogens with two attached hydrogens (primary N) is 1. The van der Waals surface area contributed by atoms with Crippen LogP contribution in [0.25, 0.3) is 0 Å². The number of nitrogens with zero attached hydrogens (tertiary/aromatic N) is 1. The molecule has 0 radical (unpaired) electrons. The van der Waals surface area contributed by atoms with Crippen LogP contribution >= 0.6 is 0 Å². The molecule has 0 saturated carbocycles. The Morgan fingerprint density at radius 3 is 2.41 bits per heavy atom. The zero-order chi connectivity index (χ0) is 19.6. The lowest BCUT2D eigenvalue weighted by Gasteiger charge is -2.18. The van der Waals surface area contributed by atoms with E-state index in [1.54, 1.807) is 37.3 Å². The summed E-state index contributed by atoms with van der Waals surface area (Å²) in [4.78, 5) is 23.4. The summed E-state index contributed by atoms with van der Waals surface area (Å²) in [5.41, 5.74) is 7.48. The van der Waals surface area contributed by atoms with E-state index in [9.17, 15) is 18.0 Å². The Morgan fingerprint density at radius 1 is 1.11 bits per heavy atom. The highest BCUT2D eigenvalue weighted by atomic mass is 32.2. The minimum atomic E-state index is -3.31. The molecule has 0 bridgehead atoms. The van der Waals surface area contributed by atoms with Crippen LogP contribution in [-0.4, -0.2) is 39.0 Å². The molecule has 0 atom stereocenters. The number of fused-ring (bicyclic) bond motifs is 1. The smallest absolute Gasteiger partial charge is 0.248 e. The van der Waals surface area contributed by atoms with Gasteiger partial charge in [0.25, 0.3) is 0 Å². The maximum absolute atomic E-state index is 12.4. The number of hydrogen-bond donors (Lipinski definition) is 1. The zero-order valence-electron chi connectivity index (χ0n) is 14.8. The standard InChI is InChI=1S/C19H20N2O5S/c1-2-27(24,25)21-10-9-14-11-15(5-8-17(14)21)18(22)12-26-16-6-3-13(4-7-16)19(20)23/h3-8,11H,2,9-10,12H2,1H3,(H2,20,23). The van der Waals surface area contributed by atoms with Gasteiger partial charge in [-0.25, -0.2) is 8.42 Å². The monoisotopic (exact) mass is 388 g/mol. The molecule has 0 aliphatic carbocycles. The molecule has 0 spiro atoms. The van der Waals surface area contributed by atoms with E-state index in [1.807, 2.05) is 0 Å². The molecule has 1 aliphatic heterocycles. The first-order chi connectivity index (χ1) is 12.8. The molecule has 1 amide bonds. The van der Waals surface area contributed by atoms with Crippen molar-refractivity contribution in [3.8, 4) is 5.75 Å². The summed E-state index contributed by atoms with van der Waals surface area (Å²) in [6.07, 6.45) is 0.575. The van der Waals surface area contributed by atoms with Gasteiger partial charge in [-0.2, -0.15) is 0 Å². The second kappa shape index (κ2) is 7.40. The molecule has 27 heavy (non-hydrogen) atoms. The van der Waals surface area contributed by atoms with E-state index in [4.69, 9.17) is 10.5 Å². The van der Waals surface area contributed by atoms with Crippen molar-refractivity contribution in [2.24, 2.45) is 5.73 Å². The van der Waals surface area contributed by atoms with Crippen LogP contribution in [0.1, 0.15) is 33.2 Å². The van der Waals surface area contributed by atoms with Gasteiger partial charge in [-0.3, -0.25) is 13.9 Å². The van der Waals surface area contributed by atoms with Crippen LogP contribution in [-0.2, 0) is 16.4 Å². The van der Waals surface area contributed by atoms with E-state index >= 15 is 0 Å². The number of ketones is 1. The van der Waals surface area contributed by atoms with E-state index < -0.39 is 15.9 Å². The highest BCUT2D eigenvalue weighted by molar-refractivity contribution is 7.92. The Balaban J connectivity index is 1.69. The second-order valence-electron chi connectivity index (χ2n) is 6.17. The van der Waals surface area contributed by atoms with Gasteiger partial charge in [0.2, 0.25) is 15.9 Å². The van der Waals surface area contributed by atoms with Crippen LogP contribution in [0.3, 0.4) is 0 Å². The average molecular weight is 388 g/mol. The highest BCUT2D eigenvalue weighted by Crippen LogP contribution is 2.31. The third kappa shape index (κ3) is 3.95. The van der Waals surface area contributed by atoms with E-state index in [-0.39, 0.29) is 18.1 Å². The van der Waals surface area contributed by atoms with Crippen molar-refractivity contribution in [2.75, 3.05) is 23.2 Å². The molecular weight excluding hydrogens is 368 g/mol. The normalized spacial score (nSPS) is 13.3. The molecule has 0 unspecified atom stereocenters. The molecule has 2 aromatic carbocycles. The lowest BCUT2D eigenvalue weighted by Crippen LogP contribution is -2.30. The number of sulfonamides is 1. The van der Waals surface area contributed by atoms with Crippen molar-refractivity contribution in [2.45, 2.75) is 13.3 Å². The average Bonchev–Trinajstić information content (AvgIpc) is 3.10. The van der Waals surface area contributed by atoms with Crippen LogP contribution in [0.4, 0.5) is 5.69 Å². The summed E-state index contributed by atoms with van der Waals surface area (Å²) in [6, 6.07) is 11.2. The molecule has 8 heteroatoms. The molecule has 7 nitrogen and oxygen atoms in total. The predicted molar refractivity (Wildman–Crippen MR) is 102 cm³/mol. The van der Waals surface area contributed by atoms with Gasteiger partial charge in [-0.15, -0.1) is 0 Å². The van der Waals surface area contributed by atoms with Crippen molar-refractivity contribution in [1.82, 2.24) is 0 Å². The number of anilines is 1. The van der Waals surface area contributed by atoms with Gasteiger partial charge in [-0.1, -0.05) is 0 Å². The molecule has 0 aromatic heterocycles. The summed E-state index contributed by atoms with van der Waals surface area (Å²) >= 11 is 0. The van der Waals surface area contributed by atoms with Gasteiger partial charge in [0.15, 0.2) is 12.4 Å². The summed E-state index contributed by atoms with van der Waals surface area (Å²) in [5.74, 6) is -0.256. The molecule has 142 valence electrons. The Bertz CT molecular complexity index is 984. The van der Waals surface area contributed by atoms with E-state index in [2.05, 4.69) is 0 Å². The fraction of sp³-hybridized carbons (Fsp3) is 0.263. The first-order valence-electron chi connectivity index (χ1n) is 8.51. The Hall–Kier alpha value is -2.87. The van der Waals surface area contributed by atoms with Crippen LogP contribution in [0.15, 0.2) is 42.5 Å². The third-order valence-corrected chi connectivity index (χ3v) is 6.24. The van der Waals surface area contributed by atoms with E-state index in [0.29, 0.717) is 35.5 Å². The topological polar surface area (TPSA) is 107 Å². The predicted octanol–water partition coefficient (Wildman–Crippen LogP) is 1.76. The number of amides is 1. The molecule has 1 heterocycles. The highest BCUT2D eigenvalue weighted by Gasteiger charge is 2.28. The summed E-state index contributed by atoms with van der Waals surface area (Å²) in [5, 5.41) is 0. The number of carbonyl (C=O) groups is 2. The van der Waals surface area contributed by atoms with Crippen molar-refractivity contribution in [1.29, 1.82) is 0 Å². The molecule has 2 aromatic rings. The first kappa shape index (κ1) is 18.9. The SMILES string of the molecule is CCS(=O)(=O)N1CCc2cc(C(=O)COc3ccc(C(N)=O)cc3)ccc21. The minimum Gasteiger partial charge on any atom is -0.485 e. The Labute approximate surface area is 157 Å². The molecular formula is C19H20N2O5S. The fourth-order valence-corrected chi connectivity index (χ4v) is 4.10. The summed E-state index contributed by atoms with van der Waals surface area (Å²) in [7, 11) is -3.31. The lowest BCUT2D eigenvalue weighted by atomic mass is 10.1. The van der Waals surface area contributed by atoms with Crippen LogP contribution < -0.4 is 14.8 Å². The Kier molecular flexibility index (Phi) is 5.18. The number of hydrogen-bond acceptors (Lipinski definition) is 5. The molecule has 3 rings (SSSR count). The van der Waals surface area contributed by atoms with Crippen LogP contribution in [0.5, 0.6) is 5.75 Å². The first-order valence-corrected chi connectivity index (χ1v) is 10.1. The van der Waals surface area contributed by atoms with Crippen LogP contribution in [0.2, 0.25) is 0 Å². The van der Waals surface area contributed by atoms with Crippen molar-refractivity contribution >= 4 is 27.4 Å². The summed E-state index contributed by atoms with van der Waals surface area (Å²) in [6.45, 7) is 1.84. The number of benzene rings is 2. The molecule has 1 aliphatic rings. The summed E-state index contributed by atoms with van der Waals surface area (Å²) < 4.78 is 31.1. The molecule has 0 fully saturated rings. The van der Waals surface area contributed by atoms with Gasteiger partial charge in [0.1, 0.15) is 5.75 Å². The second-order valence-corrected chi connectivity index (χ2v) is 8.35. The zero-order valence-corrected chi connectivity index (χ0v) is 15.7. The number of ether oxygens (including phenoxy) is 1. The quantitative estimate of drug-likeness (QED) is 0.728. The number of rotatable bonds is 7. The maximum Gasteiger partial charge on any atom is 0.248 e. The van der Waals surface area contributed by atoms with Crippen molar-refractivity contribution in [3.05, 3.63) is 59.2 Å². The van der Waals surface area contributed by atoms with Gasteiger partial charge in [0, 0.05) is 17.7 Å². The minimum absolute atomic E-state index is 0.0372. The van der Waals surface area contributed by atoms with Gasteiger partial charge < -0.3 is 10.5 Å². The largest absolute Gasteiger partial charge is 0.485 e. The van der Waals surface area contributed by atoms with E-state index in [0.717, 1.165) is 5.56 Å². The van der Waals surface area contributed by atoms with Crippen LogP contribution in [0, 0.1) is 0 Å². The number of carbonyl (C=O) groups excluding carboxylic acids is 2. The fourth-order valence-electron chi connectivity index (χ4n) is 2.94. The van der Waals surface area contributed by atoms with Gasteiger partial charge in [-0.05, 0) is 61.4 Å². The number of Topliss-reactive ketones (excluding diaryl/α,β-unsaturated/α-hetero) is 1. The van der Waals surface area contributed by atoms with E-state index in [1.165, 1.54) is 16.4 Å². The van der Waals surface area contributed by atoms with Gasteiger partial charge in [0.05, 0.1) is 11.4 Å². The molecule has 2 N–H and O–H groups in total. The van der Waals surface area contributed by atoms with Gasteiger partial charge >= 0.3 is 0 Å². The third-order valence-electron chi connectivity index (χ3n) is 4.46. The Morgan fingerprint density at radius 2 is 1.78 bits per heavy atom. The lowest BCUT2D eigenvalue weighted by molar-refractivity contribution is 0.0920. The maximum atomic E-state index is 12.4.